The highest BCUT2D eigenvalue weighted by Gasteiger charge is 2.27. The highest BCUT2D eigenvalue weighted by molar-refractivity contribution is 7.89. The summed E-state index contributed by atoms with van der Waals surface area (Å²) in [5, 5.41) is 4.35. The number of anilines is 1. The summed E-state index contributed by atoms with van der Waals surface area (Å²) in [5.74, 6) is 1.27. The smallest absolute Gasteiger partial charge is 0.242 e. The summed E-state index contributed by atoms with van der Waals surface area (Å²) in [6, 6.07) is 14.1. The van der Waals surface area contributed by atoms with Gasteiger partial charge in [0.25, 0.3) is 0 Å². The van der Waals surface area contributed by atoms with Crippen LogP contribution in [0.25, 0.3) is 22.0 Å². The van der Waals surface area contributed by atoms with E-state index in [-0.39, 0.29) is 0 Å². The molecule has 2 aliphatic heterocycles. The maximum absolute atomic E-state index is 13.5. The summed E-state index contributed by atoms with van der Waals surface area (Å²) in [4.78, 5) is 16.3. The molecular formula is C31H36N6O2S. The third kappa shape index (κ3) is 5.21. The molecule has 0 amide bonds. The van der Waals surface area contributed by atoms with Crippen molar-refractivity contribution in [3.8, 4) is 11.1 Å². The number of fused-ring (bicyclic) bond motifs is 2. The van der Waals surface area contributed by atoms with Crippen LogP contribution in [0.1, 0.15) is 35.2 Å². The molecule has 0 bridgehead atoms. The van der Waals surface area contributed by atoms with Crippen molar-refractivity contribution in [1.29, 1.82) is 0 Å². The summed E-state index contributed by atoms with van der Waals surface area (Å²) < 4.78 is 28.6. The second-order valence-electron chi connectivity index (χ2n) is 11.2. The molecule has 40 heavy (non-hydrogen) atoms. The molecule has 208 valence electrons. The summed E-state index contributed by atoms with van der Waals surface area (Å²) >= 11 is 0. The van der Waals surface area contributed by atoms with Crippen LogP contribution < -0.4 is 10.2 Å². The van der Waals surface area contributed by atoms with Crippen molar-refractivity contribution in [3.05, 3.63) is 77.4 Å². The first-order chi connectivity index (χ1) is 19.3. The molecule has 1 saturated heterocycles. The number of piperidine rings is 1. The lowest BCUT2D eigenvalue weighted by atomic mass is 9.98. The third-order valence-electron chi connectivity index (χ3n) is 8.31. The molecule has 2 aliphatic rings. The van der Waals surface area contributed by atoms with Crippen molar-refractivity contribution in [3.63, 3.8) is 0 Å². The molecule has 4 heterocycles. The van der Waals surface area contributed by atoms with E-state index in [1.807, 2.05) is 31.3 Å². The predicted octanol–water partition coefficient (Wildman–Crippen LogP) is 4.49. The molecule has 0 radical (unpaired) electrons. The Morgan fingerprint density at radius 3 is 2.60 bits per heavy atom. The van der Waals surface area contributed by atoms with Gasteiger partial charge in [-0.2, -0.15) is 0 Å². The normalized spacial score (nSPS) is 16.4. The summed E-state index contributed by atoms with van der Waals surface area (Å²) in [6.45, 7) is 7.94. The van der Waals surface area contributed by atoms with Gasteiger partial charge in [0.15, 0.2) is 0 Å². The molecule has 9 heteroatoms. The molecule has 0 aliphatic carbocycles. The lowest BCUT2D eigenvalue weighted by molar-refractivity contribution is 0.311. The minimum absolute atomic E-state index is 0.364. The minimum atomic E-state index is -3.57. The van der Waals surface area contributed by atoms with Gasteiger partial charge in [-0.05, 0) is 116 Å². The van der Waals surface area contributed by atoms with Gasteiger partial charge < -0.3 is 10.2 Å². The molecule has 4 aromatic rings. The van der Waals surface area contributed by atoms with Crippen LogP contribution in [0, 0.1) is 19.8 Å². The Morgan fingerprint density at radius 1 is 0.975 bits per heavy atom. The van der Waals surface area contributed by atoms with Gasteiger partial charge in [0.05, 0.1) is 10.4 Å². The Hall–Kier alpha value is -3.40. The van der Waals surface area contributed by atoms with E-state index in [9.17, 15) is 8.42 Å². The van der Waals surface area contributed by atoms with Gasteiger partial charge >= 0.3 is 0 Å². The topological polar surface area (TPSA) is 91.3 Å². The number of pyridine rings is 1. The molecule has 1 fully saturated rings. The van der Waals surface area contributed by atoms with Crippen LogP contribution in [-0.2, 0) is 23.0 Å². The SMILES string of the molecule is Cc1cc(-c2cc(C)c3ncnc(N4CCc5ccc(S(=O)(=O)N(C)CC6CCNCC6)cc5C4)c3c2)ccn1. The average Bonchev–Trinajstić information content (AvgIpc) is 2.96. The van der Waals surface area contributed by atoms with E-state index in [1.165, 1.54) is 9.87 Å². The van der Waals surface area contributed by atoms with E-state index in [2.05, 4.69) is 45.3 Å². The van der Waals surface area contributed by atoms with Gasteiger partial charge in [-0.3, -0.25) is 4.98 Å². The van der Waals surface area contributed by atoms with Gasteiger partial charge in [-0.15, -0.1) is 0 Å². The molecule has 0 saturated carbocycles. The van der Waals surface area contributed by atoms with Crippen LogP contribution in [0.5, 0.6) is 0 Å². The van der Waals surface area contributed by atoms with Crippen LogP contribution in [-0.4, -0.2) is 60.9 Å². The molecule has 2 aromatic carbocycles. The molecule has 8 nitrogen and oxygen atoms in total. The largest absolute Gasteiger partial charge is 0.351 e. The van der Waals surface area contributed by atoms with Crippen LogP contribution in [0.15, 0.2) is 59.9 Å². The van der Waals surface area contributed by atoms with Crippen molar-refractivity contribution in [1.82, 2.24) is 24.6 Å². The molecule has 1 N–H and O–H groups in total. The highest BCUT2D eigenvalue weighted by atomic mass is 32.2. The number of benzene rings is 2. The Kier molecular flexibility index (Phi) is 7.29. The lowest BCUT2D eigenvalue weighted by Crippen LogP contribution is -2.37. The maximum Gasteiger partial charge on any atom is 0.242 e. The number of sulfonamides is 1. The van der Waals surface area contributed by atoms with Crippen molar-refractivity contribution >= 4 is 26.7 Å². The molecule has 0 spiro atoms. The predicted molar refractivity (Wildman–Crippen MR) is 159 cm³/mol. The summed E-state index contributed by atoms with van der Waals surface area (Å²) in [5.41, 5.74) is 7.44. The first-order valence-electron chi connectivity index (χ1n) is 14.0. The molecule has 0 atom stereocenters. The number of rotatable bonds is 6. The second kappa shape index (κ2) is 10.9. The van der Waals surface area contributed by atoms with Crippen molar-refractivity contribution in [2.45, 2.75) is 44.6 Å². The Morgan fingerprint density at radius 2 is 1.80 bits per heavy atom. The van der Waals surface area contributed by atoms with E-state index < -0.39 is 10.0 Å². The first kappa shape index (κ1) is 26.8. The second-order valence-corrected chi connectivity index (χ2v) is 13.2. The Labute approximate surface area is 236 Å². The van der Waals surface area contributed by atoms with E-state index in [0.29, 0.717) is 23.9 Å². The zero-order chi connectivity index (χ0) is 27.9. The molecular weight excluding hydrogens is 520 g/mol. The average molecular weight is 557 g/mol. The quantitative estimate of drug-likeness (QED) is 0.374. The number of nitrogens with zero attached hydrogens (tertiary/aromatic N) is 5. The molecule has 6 rings (SSSR count). The van der Waals surface area contributed by atoms with Crippen molar-refractivity contribution in [2.24, 2.45) is 5.92 Å². The standard InChI is InChI=1S/C31H36N6O2S/c1-21-14-26(25-8-12-33-22(2)15-25)17-29-30(21)34-20-35-31(29)37-13-9-24-4-5-28(16-27(24)19-37)40(38,39)36(3)18-23-6-10-32-11-7-23/h4-5,8,12,14-17,20,23,32H,6-7,9-11,13,18-19H2,1-3H3. The zero-order valence-electron chi connectivity index (χ0n) is 23.4. The molecule has 2 aromatic heterocycles. The van der Waals surface area contributed by atoms with Gasteiger partial charge in [0.1, 0.15) is 12.1 Å². The van der Waals surface area contributed by atoms with Gasteiger partial charge in [-0.25, -0.2) is 22.7 Å². The van der Waals surface area contributed by atoms with E-state index in [1.54, 1.807) is 19.4 Å². The summed E-state index contributed by atoms with van der Waals surface area (Å²) in [7, 11) is -1.86. The van der Waals surface area contributed by atoms with Crippen LogP contribution in [0.4, 0.5) is 5.82 Å². The maximum atomic E-state index is 13.5. The lowest BCUT2D eigenvalue weighted by Gasteiger charge is -2.31. The molecule has 0 unspecified atom stereocenters. The number of aryl methyl sites for hydroxylation is 2. The monoisotopic (exact) mass is 556 g/mol. The fourth-order valence-electron chi connectivity index (χ4n) is 6.06. The Bertz CT molecular complexity index is 1670. The number of aromatic nitrogens is 3. The fourth-order valence-corrected chi connectivity index (χ4v) is 7.35. The van der Waals surface area contributed by atoms with Crippen LogP contribution >= 0.6 is 0 Å². The summed E-state index contributed by atoms with van der Waals surface area (Å²) in [6.07, 6.45) is 6.31. The Balaban J connectivity index is 1.31. The van der Waals surface area contributed by atoms with Crippen LogP contribution in [0.2, 0.25) is 0 Å². The van der Waals surface area contributed by atoms with E-state index >= 15 is 0 Å². The van der Waals surface area contributed by atoms with Gasteiger partial charge in [-0.1, -0.05) is 6.07 Å². The number of hydrogen-bond acceptors (Lipinski definition) is 7. The first-order valence-corrected chi connectivity index (χ1v) is 15.5. The van der Waals surface area contributed by atoms with Gasteiger partial charge in [0.2, 0.25) is 10.0 Å². The van der Waals surface area contributed by atoms with Crippen molar-refractivity contribution in [2.75, 3.05) is 38.1 Å². The van der Waals surface area contributed by atoms with Crippen LogP contribution in [0.3, 0.4) is 0 Å². The number of hydrogen-bond donors (Lipinski definition) is 1. The van der Waals surface area contributed by atoms with E-state index in [4.69, 9.17) is 4.98 Å². The van der Waals surface area contributed by atoms with E-state index in [0.717, 1.165) is 83.6 Å². The fraction of sp³-hybridized carbons (Fsp3) is 0.387. The van der Waals surface area contributed by atoms with Gasteiger partial charge in [0, 0.05) is 44.0 Å². The minimum Gasteiger partial charge on any atom is -0.351 e. The third-order valence-corrected chi connectivity index (χ3v) is 10.1. The van der Waals surface area contributed by atoms with Crippen molar-refractivity contribution < 1.29 is 8.42 Å². The number of nitrogens with one attached hydrogen (secondary N) is 1. The highest BCUT2D eigenvalue weighted by Crippen LogP contribution is 2.34. The zero-order valence-corrected chi connectivity index (χ0v) is 24.2.